The summed E-state index contributed by atoms with van der Waals surface area (Å²) >= 11 is 0. The minimum atomic E-state index is 0.377. The van der Waals surface area contributed by atoms with Crippen LogP contribution in [-0.4, -0.2) is 39.9 Å². The Bertz CT molecular complexity index is 294. The van der Waals surface area contributed by atoms with Crippen molar-refractivity contribution in [2.75, 3.05) is 19.6 Å². The number of Topliss-reactive ketones (excluding diaryl/α,β-unsaturated/α-hetero) is 1. The van der Waals surface area contributed by atoms with Crippen molar-refractivity contribution in [1.29, 1.82) is 0 Å². The Morgan fingerprint density at radius 2 is 2.36 bits per heavy atom. The molecule has 1 aliphatic rings. The number of nitrogens with zero attached hydrogens (tertiary/aromatic N) is 3. The molecule has 2 rings (SSSR count). The van der Waals surface area contributed by atoms with Gasteiger partial charge >= 0.3 is 0 Å². The SMILES string of the molecule is O=C1CCCN(CCn2ccnc2)C1. The van der Waals surface area contributed by atoms with Crippen LogP contribution in [-0.2, 0) is 11.3 Å². The molecule has 1 aliphatic heterocycles. The van der Waals surface area contributed by atoms with Crippen LogP contribution in [0.5, 0.6) is 0 Å². The van der Waals surface area contributed by atoms with Gasteiger partial charge in [-0.15, -0.1) is 0 Å². The fraction of sp³-hybridized carbons (Fsp3) is 0.600. The van der Waals surface area contributed by atoms with E-state index in [4.69, 9.17) is 0 Å². The summed E-state index contributed by atoms with van der Waals surface area (Å²) in [6.45, 7) is 3.56. The molecule has 0 spiro atoms. The van der Waals surface area contributed by atoms with E-state index in [2.05, 4.69) is 9.88 Å². The molecule has 1 aromatic heterocycles. The lowest BCUT2D eigenvalue weighted by Gasteiger charge is -2.25. The molecule has 1 saturated heterocycles. The van der Waals surface area contributed by atoms with Crippen molar-refractivity contribution >= 4 is 5.78 Å². The van der Waals surface area contributed by atoms with Crippen LogP contribution in [0.2, 0.25) is 0 Å². The highest BCUT2D eigenvalue weighted by atomic mass is 16.1. The average Bonchev–Trinajstić information content (AvgIpc) is 2.67. The second kappa shape index (κ2) is 4.37. The van der Waals surface area contributed by atoms with Gasteiger partial charge in [0.2, 0.25) is 0 Å². The van der Waals surface area contributed by atoms with Crippen LogP contribution in [0.4, 0.5) is 0 Å². The lowest BCUT2D eigenvalue weighted by atomic mass is 10.1. The van der Waals surface area contributed by atoms with E-state index in [1.165, 1.54) is 0 Å². The molecule has 0 radical (unpaired) electrons. The number of carbonyl (C=O) groups is 1. The fourth-order valence-corrected chi connectivity index (χ4v) is 1.77. The molecule has 1 aromatic rings. The molecule has 76 valence electrons. The number of aromatic nitrogens is 2. The third-order valence-electron chi connectivity index (χ3n) is 2.56. The highest BCUT2D eigenvalue weighted by Gasteiger charge is 2.15. The van der Waals surface area contributed by atoms with Gasteiger partial charge in [0.25, 0.3) is 0 Å². The first-order valence-corrected chi connectivity index (χ1v) is 5.04. The molecule has 0 saturated carbocycles. The number of likely N-dealkylation sites (tertiary alicyclic amines) is 1. The van der Waals surface area contributed by atoms with Crippen molar-refractivity contribution in [3.05, 3.63) is 18.7 Å². The molecule has 0 amide bonds. The zero-order chi connectivity index (χ0) is 9.80. The summed E-state index contributed by atoms with van der Waals surface area (Å²) in [4.78, 5) is 17.4. The Morgan fingerprint density at radius 3 is 3.07 bits per heavy atom. The summed E-state index contributed by atoms with van der Waals surface area (Å²) < 4.78 is 2.04. The summed E-state index contributed by atoms with van der Waals surface area (Å²) in [6, 6.07) is 0. The van der Waals surface area contributed by atoms with Crippen molar-refractivity contribution in [1.82, 2.24) is 14.5 Å². The number of rotatable bonds is 3. The summed E-state index contributed by atoms with van der Waals surface area (Å²) in [5.41, 5.74) is 0. The molecular weight excluding hydrogens is 178 g/mol. The van der Waals surface area contributed by atoms with Gasteiger partial charge in [-0.1, -0.05) is 0 Å². The molecule has 0 atom stereocenters. The lowest BCUT2D eigenvalue weighted by Crippen LogP contribution is -2.37. The third-order valence-corrected chi connectivity index (χ3v) is 2.56. The Kier molecular flexibility index (Phi) is 2.93. The van der Waals surface area contributed by atoms with Crippen LogP contribution in [0.15, 0.2) is 18.7 Å². The van der Waals surface area contributed by atoms with E-state index in [0.717, 1.165) is 32.5 Å². The van der Waals surface area contributed by atoms with E-state index < -0.39 is 0 Å². The molecule has 0 unspecified atom stereocenters. The zero-order valence-corrected chi connectivity index (χ0v) is 8.22. The predicted molar refractivity (Wildman–Crippen MR) is 52.9 cm³/mol. The summed E-state index contributed by atoms with van der Waals surface area (Å²) in [5.74, 6) is 0.377. The van der Waals surface area contributed by atoms with Gasteiger partial charge in [0.1, 0.15) is 5.78 Å². The molecule has 4 heteroatoms. The van der Waals surface area contributed by atoms with Gasteiger partial charge in [-0.25, -0.2) is 4.98 Å². The molecule has 0 bridgehead atoms. The van der Waals surface area contributed by atoms with E-state index in [1.54, 1.807) is 6.20 Å². The van der Waals surface area contributed by atoms with Crippen molar-refractivity contribution in [3.8, 4) is 0 Å². The first kappa shape index (κ1) is 9.40. The quantitative estimate of drug-likeness (QED) is 0.703. The number of piperidine rings is 1. The molecule has 2 heterocycles. The van der Waals surface area contributed by atoms with Gasteiger partial charge in [-0.05, 0) is 13.0 Å². The van der Waals surface area contributed by atoms with Gasteiger partial charge in [0.15, 0.2) is 0 Å². The standard InChI is InChI=1S/C10H15N3O/c14-10-2-1-4-12(8-10)6-7-13-5-3-11-9-13/h3,5,9H,1-2,4,6-8H2. The normalized spacial score (nSPS) is 18.7. The molecule has 0 N–H and O–H groups in total. The fourth-order valence-electron chi connectivity index (χ4n) is 1.77. The Balaban J connectivity index is 1.77. The van der Waals surface area contributed by atoms with Crippen molar-refractivity contribution in [2.45, 2.75) is 19.4 Å². The van der Waals surface area contributed by atoms with E-state index in [-0.39, 0.29) is 0 Å². The Labute approximate surface area is 83.5 Å². The minimum absolute atomic E-state index is 0.377. The number of carbonyl (C=O) groups excluding carboxylic acids is 1. The third kappa shape index (κ3) is 2.42. The highest BCUT2D eigenvalue weighted by molar-refractivity contribution is 5.81. The Morgan fingerprint density at radius 1 is 1.43 bits per heavy atom. The Hall–Kier alpha value is -1.16. The van der Waals surface area contributed by atoms with E-state index >= 15 is 0 Å². The van der Waals surface area contributed by atoms with Crippen molar-refractivity contribution in [2.24, 2.45) is 0 Å². The van der Waals surface area contributed by atoms with Crippen LogP contribution >= 0.6 is 0 Å². The summed E-state index contributed by atoms with van der Waals surface area (Å²) in [5, 5.41) is 0. The molecule has 0 aliphatic carbocycles. The van der Waals surface area contributed by atoms with Crippen LogP contribution < -0.4 is 0 Å². The first-order chi connectivity index (χ1) is 6.84. The average molecular weight is 193 g/mol. The van der Waals surface area contributed by atoms with E-state index in [9.17, 15) is 4.79 Å². The maximum absolute atomic E-state index is 11.2. The van der Waals surface area contributed by atoms with Crippen LogP contribution in [0.3, 0.4) is 0 Å². The van der Waals surface area contributed by atoms with Gasteiger partial charge in [-0.2, -0.15) is 0 Å². The van der Waals surface area contributed by atoms with Gasteiger partial charge in [0, 0.05) is 31.9 Å². The van der Waals surface area contributed by atoms with Crippen molar-refractivity contribution < 1.29 is 4.79 Å². The van der Waals surface area contributed by atoms with Crippen LogP contribution in [0.1, 0.15) is 12.8 Å². The zero-order valence-electron chi connectivity index (χ0n) is 8.22. The molecule has 1 fully saturated rings. The first-order valence-electron chi connectivity index (χ1n) is 5.04. The number of imidazole rings is 1. The molecule has 14 heavy (non-hydrogen) atoms. The smallest absolute Gasteiger partial charge is 0.146 e. The largest absolute Gasteiger partial charge is 0.336 e. The van der Waals surface area contributed by atoms with Crippen LogP contribution in [0.25, 0.3) is 0 Å². The topological polar surface area (TPSA) is 38.1 Å². The summed E-state index contributed by atoms with van der Waals surface area (Å²) in [7, 11) is 0. The van der Waals surface area contributed by atoms with E-state index in [1.807, 2.05) is 17.1 Å². The second-order valence-corrected chi connectivity index (χ2v) is 3.72. The number of ketones is 1. The molecular formula is C10H15N3O. The predicted octanol–water partition coefficient (Wildman–Crippen LogP) is 0.548. The van der Waals surface area contributed by atoms with Gasteiger partial charge in [0.05, 0.1) is 12.9 Å². The highest BCUT2D eigenvalue weighted by Crippen LogP contribution is 2.05. The van der Waals surface area contributed by atoms with Gasteiger partial charge in [-0.3, -0.25) is 9.69 Å². The van der Waals surface area contributed by atoms with E-state index in [0.29, 0.717) is 12.3 Å². The van der Waals surface area contributed by atoms with Crippen molar-refractivity contribution in [3.63, 3.8) is 0 Å². The molecule has 4 nitrogen and oxygen atoms in total. The van der Waals surface area contributed by atoms with Crippen LogP contribution in [0, 0.1) is 0 Å². The molecule has 0 aromatic carbocycles. The number of hydrogen-bond acceptors (Lipinski definition) is 3. The maximum atomic E-state index is 11.2. The minimum Gasteiger partial charge on any atom is -0.336 e. The monoisotopic (exact) mass is 193 g/mol. The summed E-state index contributed by atoms with van der Waals surface area (Å²) in [6.07, 6.45) is 7.32. The second-order valence-electron chi connectivity index (χ2n) is 3.72. The maximum Gasteiger partial charge on any atom is 0.146 e. The number of hydrogen-bond donors (Lipinski definition) is 0. The van der Waals surface area contributed by atoms with Gasteiger partial charge < -0.3 is 4.57 Å². The lowest BCUT2D eigenvalue weighted by molar-refractivity contribution is -0.122.